The van der Waals surface area contributed by atoms with Gasteiger partial charge >= 0.3 is 0 Å². The molecule has 1 N–H and O–H groups in total. The summed E-state index contributed by atoms with van der Waals surface area (Å²) >= 11 is 1.63. The van der Waals surface area contributed by atoms with Crippen LogP contribution < -0.4 is 10.9 Å². The molecule has 0 fully saturated rings. The van der Waals surface area contributed by atoms with Crippen molar-refractivity contribution in [2.75, 3.05) is 5.32 Å². The third kappa shape index (κ3) is 3.41. The fourth-order valence-electron chi connectivity index (χ4n) is 3.69. The number of hydrogen-bond acceptors (Lipinski definition) is 4. The number of thiophene rings is 1. The number of benzene rings is 1. The first kappa shape index (κ1) is 17.9. The molecule has 0 unspecified atom stereocenters. The average Bonchev–Trinajstić information content (AvgIpc) is 2.98. The Balaban J connectivity index is 1.62. The fraction of sp³-hybridized carbons (Fsp3) is 0.381. The quantitative estimate of drug-likeness (QED) is 0.750. The van der Waals surface area contributed by atoms with Crippen LogP contribution in [0.25, 0.3) is 10.2 Å². The summed E-state index contributed by atoms with van der Waals surface area (Å²) in [6.45, 7) is 6.15. The number of fused-ring (bicyclic) bond motifs is 3. The summed E-state index contributed by atoms with van der Waals surface area (Å²) in [6, 6.07) is 5.92. The molecule has 1 aliphatic rings. The van der Waals surface area contributed by atoms with E-state index in [1.807, 2.05) is 32.0 Å². The summed E-state index contributed by atoms with van der Waals surface area (Å²) < 4.78 is 1.42. The molecule has 6 heteroatoms. The zero-order valence-electron chi connectivity index (χ0n) is 15.8. The molecule has 27 heavy (non-hydrogen) atoms. The molecule has 2 heterocycles. The van der Waals surface area contributed by atoms with Crippen LogP contribution >= 0.6 is 11.3 Å². The molecule has 5 nitrogen and oxygen atoms in total. The predicted octanol–water partition coefficient (Wildman–Crippen LogP) is 3.84. The van der Waals surface area contributed by atoms with Gasteiger partial charge in [0.05, 0.1) is 11.7 Å². The molecule has 0 radical (unpaired) electrons. The molecule has 3 aromatic rings. The summed E-state index contributed by atoms with van der Waals surface area (Å²) in [6.07, 6.45) is 4.54. The average molecular weight is 382 g/mol. The molecule has 0 saturated heterocycles. The van der Waals surface area contributed by atoms with Crippen LogP contribution in [0.1, 0.15) is 34.9 Å². The number of carbonyl (C=O) groups is 1. The van der Waals surface area contributed by atoms with Gasteiger partial charge in [0, 0.05) is 10.6 Å². The van der Waals surface area contributed by atoms with Gasteiger partial charge in [-0.25, -0.2) is 4.98 Å². The van der Waals surface area contributed by atoms with Gasteiger partial charge in [0.15, 0.2) is 0 Å². The molecular weight excluding hydrogens is 358 g/mol. The number of anilines is 1. The molecule has 2 aromatic heterocycles. The number of amides is 1. The van der Waals surface area contributed by atoms with Crippen molar-refractivity contribution in [3.8, 4) is 0 Å². The SMILES string of the molecule is Cc1ccc(C)c(NC(=O)Cn2cnc3sc4c(c3c2=O)CC[C@H](C)C4)c1. The summed E-state index contributed by atoms with van der Waals surface area (Å²) in [5, 5.41) is 3.62. The van der Waals surface area contributed by atoms with Gasteiger partial charge in [0.25, 0.3) is 5.56 Å². The van der Waals surface area contributed by atoms with Crippen molar-refractivity contribution in [2.45, 2.75) is 46.6 Å². The molecule has 1 aliphatic carbocycles. The topological polar surface area (TPSA) is 64.0 Å². The van der Waals surface area contributed by atoms with Crippen LogP contribution in [0.4, 0.5) is 5.69 Å². The first-order valence-corrected chi connectivity index (χ1v) is 10.1. The highest BCUT2D eigenvalue weighted by molar-refractivity contribution is 7.18. The highest BCUT2D eigenvalue weighted by Gasteiger charge is 2.23. The van der Waals surface area contributed by atoms with Crippen LogP contribution in [-0.2, 0) is 24.2 Å². The number of rotatable bonds is 3. The molecule has 0 spiro atoms. The molecule has 4 rings (SSSR count). The zero-order valence-corrected chi connectivity index (χ0v) is 16.7. The van der Waals surface area contributed by atoms with Gasteiger partial charge in [-0.3, -0.25) is 14.2 Å². The Kier molecular flexibility index (Phi) is 4.60. The Morgan fingerprint density at radius 3 is 3.00 bits per heavy atom. The number of nitrogens with zero attached hydrogens (tertiary/aromatic N) is 2. The number of carbonyl (C=O) groups excluding carboxylic acids is 1. The minimum Gasteiger partial charge on any atom is -0.324 e. The third-order valence-corrected chi connectivity index (χ3v) is 6.43. The van der Waals surface area contributed by atoms with Crippen molar-refractivity contribution in [1.29, 1.82) is 0 Å². The molecule has 140 valence electrons. The van der Waals surface area contributed by atoms with Gasteiger partial charge in [0.2, 0.25) is 5.91 Å². The van der Waals surface area contributed by atoms with Crippen LogP contribution in [0.5, 0.6) is 0 Å². The van der Waals surface area contributed by atoms with Gasteiger partial charge in [-0.1, -0.05) is 19.1 Å². The minimum atomic E-state index is -0.218. The largest absolute Gasteiger partial charge is 0.324 e. The maximum Gasteiger partial charge on any atom is 0.262 e. The Morgan fingerprint density at radius 1 is 1.37 bits per heavy atom. The zero-order chi connectivity index (χ0) is 19.1. The lowest BCUT2D eigenvalue weighted by molar-refractivity contribution is -0.116. The van der Waals surface area contributed by atoms with Crippen LogP contribution in [0.15, 0.2) is 29.3 Å². The minimum absolute atomic E-state index is 0.0316. The van der Waals surface area contributed by atoms with E-state index in [0.29, 0.717) is 11.3 Å². The fourth-order valence-corrected chi connectivity index (χ4v) is 5.03. The van der Waals surface area contributed by atoms with Crippen LogP contribution in [0.3, 0.4) is 0 Å². The standard InChI is InChI=1S/C21H23N3O2S/c1-12-4-6-14(3)16(8-12)23-18(25)10-24-11-22-20-19(21(24)26)15-7-5-13(2)9-17(15)27-20/h4,6,8,11,13H,5,7,9-10H2,1-3H3,(H,23,25)/t13-/m0/s1. The number of aromatic nitrogens is 2. The Labute approximate surface area is 162 Å². The van der Waals surface area contributed by atoms with Crippen LogP contribution in [0.2, 0.25) is 0 Å². The second-order valence-electron chi connectivity index (χ2n) is 7.58. The molecule has 0 bridgehead atoms. The first-order chi connectivity index (χ1) is 12.9. The van der Waals surface area contributed by atoms with Gasteiger partial charge in [-0.05, 0) is 61.8 Å². The third-order valence-electron chi connectivity index (χ3n) is 5.26. The number of aryl methyl sites for hydroxylation is 3. The second kappa shape index (κ2) is 6.93. The maximum absolute atomic E-state index is 13.0. The van der Waals surface area contributed by atoms with E-state index in [-0.39, 0.29) is 18.0 Å². The van der Waals surface area contributed by atoms with Gasteiger partial charge in [-0.2, -0.15) is 0 Å². The smallest absolute Gasteiger partial charge is 0.262 e. The van der Waals surface area contributed by atoms with Gasteiger partial charge in [0.1, 0.15) is 11.4 Å². The van der Waals surface area contributed by atoms with E-state index in [4.69, 9.17) is 0 Å². The van der Waals surface area contributed by atoms with E-state index < -0.39 is 0 Å². The van der Waals surface area contributed by atoms with Crippen molar-refractivity contribution in [3.05, 3.63) is 56.4 Å². The Bertz CT molecular complexity index is 1100. The molecule has 1 atom stereocenters. The molecule has 1 aromatic carbocycles. The first-order valence-electron chi connectivity index (χ1n) is 9.29. The summed E-state index contributed by atoms with van der Waals surface area (Å²) in [5.74, 6) is 0.431. The van der Waals surface area contributed by atoms with E-state index >= 15 is 0 Å². The highest BCUT2D eigenvalue weighted by Crippen LogP contribution is 2.35. The summed E-state index contributed by atoms with van der Waals surface area (Å²) in [7, 11) is 0. The van der Waals surface area contributed by atoms with Crippen molar-refractivity contribution in [1.82, 2.24) is 9.55 Å². The number of nitrogens with one attached hydrogen (secondary N) is 1. The van der Waals surface area contributed by atoms with Gasteiger partial charge in [-0.15, -0.1) is 11.3 Å². The van der Waals surface area contributed by atoms with Crippen molar-refractivity contribution in [3.63, 3.8) is 0 Å². The lowest BCUT2D eigenvalue weighted by atomic mass is 9.89. The Hall–Kier alpha value is -2.47. The van der Waals surface area contributed by atoms with E-state index in [1.54, 1.807) is 11.3 Å². The normalized spacial score (nSPS) is 16.3. The van der Waals surface area contributed by atoms with E-state index in [1.165, 1.54) is 15.8 Å². The van der Waals surface area contributed by atoms with Crippen molar-refractivity contribution >= 4 is 33.1 Å². The van der Waals surface area contributed by atoms with Crippen molar-refractivity contribution in [2.24, 2.45) is 5.92 Å². The van der Waals surface area contributed by atoms with Crippen LogP contribution in [0, 0.1) is 19.8 Å². The molecular formula is C21H23N3O2S. The lowest BCUT2D eigenvalue weighted by Gasteiger charge is -2.17. The van der Waals surface area contributed by atoms with E-state index in [2.05, 4.69) is 17.2 Å². The second-order valence-corrected chi connectivity index (χ2v) is 8.66. The maximum atomic E-state index is 13.0. The lowest BCUT2D eigenvalue weighted by Crippen LogP contribution is -2.28. The Morgan fingerprint density at radius 2 is 2.19 bits per heavy atom. The van der Waals surface area contributed by atoms with Gasteiger partial charge < -0.3 is 5.32 Å². The monoisotopic (exact) mass is 381 g/mol. The summed E-state index contributed by atoms with van der Waals surface area (Å²) in [5.41, 5.74) is 3.90. The summed E-state index contributed by atoms with van der Waals surface area (Å²) in [4.78, 5) is 32.1. The van der Waals surface area contributed by atoms with Crippen molar-refractivity contribution < 1.29 is 4.79 Å². The molecule has 1 amide bonds. The molecule has 0 saturated carbocycles. The highest BCUT2D eigenvalue weighted by atomic mass is 32.1. The van der Waals surface area contributed by atoms with E-state index in [9.17, 15) is 9.59 Å². The van der Waals surface area contributed by atoms with E-state index in [0.717, 1.165) is 46.5 Å². The molecule has 0 aliphatic heterocycles. The predicted molar refractivity (Wildman–Crippen MR) is 110 cm³/mol. The van der Waals surface area contributed by atoms with Crippen LogP contribution in [-0.4, -0.2) is 15.5 Å². The number of hydrogen-bond donors (Lipinski definition) is 1.